The summed E-state index contributed by atoms with van der Waals surface area (Å²) in [5, 5.41) is 2.23. The van der Waals surface area contributed by atoms with Crippen molar-refractivity contribution in [3.05, 3.63) is 87.4 Å². The van der Waals surface area contributed by atoms with E-state index in [-0.39, 0.29) is 17.9 Å². The molecule has 0 atom stereocenters. The fourth-order valence-corrected chi connectivity index (χ4v) is 4.36. The summed E-state index contributed by atoms with van der Waals surface area (Å²) in [4.78, 5) is 39.5. The van der Waals surface area contributed by atoms with Gasteiger partial charge in [0.2, 0.25) is 0 Å². The van der Waals surface area contributed by atoms with Gasteiger partial charge in [0, 0.05) is 0 Å². The van der Waals surface area contributed by atoms with Gasteiger partial charge in [-0.2, -0.15) is 0 Å². The largest absolute Gasteiger partial charge is 0.490 e. The summed E-state index contributed by atoms with van der Waals surface area (Å²) in [6.45, 7) is 4.58. The number of amides is 4. The molecule has 0 aromatic heterocycles. The molecule has 198 valence electrons. The third-order valence-electron chi connectivity index (χ3n) is 5.67. The Balaban J connectivity index is 1.56. The van der Waals surface area contributed by atoms with Crippen LogP contribution in [0.5, 0.6) is 17.2 Å². The molecule has 1 aliphatic rings. The fourth-order valence-electron chi connectivity index (χ4n) is 3.79. The predicted molar refractivity (Wildman–Crippen MR) is 151 cm³/mol. The molecule has 9 heteroatoms. The highest BCUT2D eigenvalue weighted by molar-refractivity contribution is 9.10. The molecule has 4 amide bonds. The monoisotopic (exact) mass is 588 g/mol. The topological polar surface area (TPSA) is 94.2 Å². The van der Waals surface area contributed by atoms with Crippen LogP contribution in [0.3, 0.4) is 0 Å². The minimum Gasteiger partial charge on any atom is -0.490 e. The number of hydrogen-bond acceptors (Lipinski definition) is 6. The average molecular weight is 589 g/mol. The summed E-state index contributed by atoms with van der Waals surface area (Å²) in [6.07, 6.45) is 6.68. The number of carbonyl (C=O) groups is 3. The van der Waals surface area contributed by atoms with Crippen LogP contribution in [0.2, 0.25) is 0 Å². The van der Waals surface area contributed by atoms with E-state index in [1.54, 1.807) is 36.4 Å². The summed E-state index contributed by atoms with van der Waals surface area (Å²) < 4.78 is 17.6. The molecule has 0 unspecified atom stereocenters. The lowest BCUT2D eigenvalue weighted by molar-refractivity contribution is -0.122. The average Bonchev–Trinajstić information content (AvgIpc) is 2.91. The van der Waals surface area contributed by atoms with E-state index in [1.807, 2.05) is 38.1 Å². The van der Waals surface area contributed by atoms with Gasteiger partial charge in [-0.15, -0.1) is 6.42 Å². The van der Waals surface area contributed by atoms with Crippen LogP contribution in [-0.2, 0) is 16.2 Å². The van der Waals surface area contributed by atoms with Gasteiger partial charge < -0.3 is 14.2 Å². The minimum absolute atomic E-state index is 0.0346. The zero-order chi connectivity index (χ0) is 27.9. The number of carbonyl (C=O) groups excluding carboxylic acids is 3. The van der Waals surface area contributed by atoms with E-state index >= 15 is 0 Å². The number of ether oxygens (including phenoxy) is 3. The van der Waals surface area contributed by atoms with Gasteiger partial charge in [0.25, 0.3) is 11.8 Å². The molecule has 0 bridgehead atoms. The Bertz CT molecular complexity index is 1470. The van der Waals surface area contributed by atoms with Crippen LogP contribution in [0.1, 0.15) is 23.6 Å². The molecule has 0 radical (unpaired) electrons. The maximum atomic E-state index is 13.3. The molecule has 0 saturated carbocycles. The van der Waals surface area contributed by atoms with E-state index in [0.717, 1.165) is 16.0 Å². The van der Waals surface area contributed by atoms with Gasteiger partial charge in [-0.25, -0.2) is 9.69 Å². The van der Waals surface area contributed by atoms with Crippen molar-refractivity contribution < 1.29 is 28.6 Å². The Morgan fingerprint density at radius 3 is 2.38 bits per heavy atom. The third kappa shape index (κ3) is 6.48. The van der Waals surface area contributed by atoms with Gasteiger partial charge in [-0.05, 0) is 83.4 Å². The molecular formula is C30H25BrN2O6. The molecule has 1 heterocycles. The maximum Gasteiger partial charge on any atom is 0.335 e. The van der Waals surface area contributed by atoms with Crippen molar-refractivity contribution in [3.63, 3.8) is 0 Å². The highest BCUT2D eigenvalue weighted by Gasteiger charge is 2.37. The number of benzene rings is 3. The van der Waals surface area contributed by atoms with Gasteiger partial charge in [0.15, 0.2) is 11.5 Å². The molecule has 1 saturated heterocycles. The minimum atomic E-state index is -0.843. The molecule has 4 rings (SSSR count). The quantitative estimate of drug-likeness (QED) is 0.204. The summed E-state index contributed by atoms with van der Waals surface area (Å²) in [7, 11) is 0. The molecule has 8 nitrogen and oxygen atoms in total. The molecule has 0 aliphatic carbocycles. The number of terminal acetylenes is 1. The lowest BCUT2D eigenvalue weighted by atomic mass is 10.1. The third-order valence-corrected chi connectivity index (χ3v) is 6.25. The van der Waals surface area contributed by atoms with E-state index in [4.69, 9.17) is 20.6 Å². The van der Waals surface area contributed by atoms with Crippen molar-refractivity contribution in [2.75, 3.05) is 18.1 Å². The van der Waals surface area contributed by atoms with Crippen LogP contribution in [0.25, 0.3) is 6.08 Å². The predicted octanol–water partition coefficient (Wildman–Crippen LogP) is 5.41. The van der Waals surface area contributed by atoms with Crippen molar-refractivity contribution in [3.8, 4) is 29.6 Å². The summed E-state index contributed by atoms with van der Waals surface area (Å²) in [5.41, 5.74) is 2.71. The Morgan fingerprint density at radius 1 is 1.00 bits per heavy atom. The van der Waals surface area contributed by atoms with Crippen molar-refractivity contribution in [2.45, 2.75) is 20.5 Å². The Morgan fingerprint density at radius 2 is 1.72 bits per heavy atom. The first-order valence-electron chi connectivity index (χ1n) is 12.0. The van der Waals surface area contributed by atoms with Crippen molar-refractivity contribution in [1.29, 1.82) is 0 Å². The lowest BCUT2D eigenvalue weighted by Crippen LogP contribution is -2.54. The highest BCUT2D eigenvalue weighted by Crippen LogP contribution is 2.38. The fraction of sp³-hybridized carbons (Fsp3) is 0.167. The zero-order valence-corrected chi connectivity index (χ0v) is 22.9. The first-order valence-corrected chi connectivity index (χ1v) is 12.8. The van der Waals surface area contributed by atoms with Crippen molar-refractivity contribution >= 4 is 45.5 Å². The normalized spacial score (nSPS) is 14.2. The first kappa shape index (κ1) is 27.5. The Kier molecular flexibility index (Phi) is 8.69. The van der Waals surface area contributed by atoms with E-state index < -0.39 is 17.8 Å². The SMILES string of the molecule is C#CCOc1c(Br)cc(/C=C2\C(=O)NC(=O)N(c3ccc(OCc4ccc(C)cc4)cc3)C2=O)cc1OCC. The van der Waals surface area contributed by atoms with Crippen molar-refractivity contribution in [1.82, 2.24) is 5.32 Å². The summed E-state index contributed by atoms with van der Waals surface area (Å²) >= 11 is 3.42. The van der Waals surface area contributed by atoms with E-state index in [9.17, 15) is 14.4 Å². The standard InChI is InChI=1S/C30H25BrN2O6/c1-4-14-38-27-25(31)16-21(17-26(27)37-5-2)15-24-28(34)32-30(36)33(29(24)35)22-10-12-23(13-11-22)39-18-20-8-6-19(3)7-9-20/h1,6-13,15-17H,5,14,18H2,2-3H3,(H,32,34,36)/b24-15+. The van der Waals surface area contributed by atoms with Crippen LogP contribution in [0.4, 0.5) is 10.5 Å². The lowest BCUT2D eigenvalue weighted by Gasteiger charge is -2.26. The summed E-state index contributed by atoms with van der Waals surface area (Å²) in [5.74, 6) is 2.17. The van der Waals surface area contributed by atoms with E-state index in [0.29, 0.717) is 40.5 Å². The van der Waals surface area contributed by atoms with E-state index in [2.05, 4.69) is 27.2 Å². The smallest absolute Gasteiger partial charge is 0.335 e. The van der Waals surface area contributed by atoms with Gasteiger partial charge in [-0.1, -0.05) is 35.7 Å². The molecule has 1 aliphatic heterocycles. The molecular weight excluding hydrogens is 564 g/mol. The number of hydrogen-bond donors (Lipinski definition) is 1. The molecule has 1 fully saturated rings. The van der Waals surface area contributed by atoms with Gasteiger partial charge in [0.1, 0.15) is 24.5 Å². The van der Waals surface area contributed by atoms with Gasteiger partial charge in [-0.3, -0.25) is 14.9 Å². The van der Waals surface area contributed by atoms with Crippen LogP contribution in [-0.4, -0.2) is 31.1 Å². The number of imide groups is 2. The Labute approximate surface area is 234 Å². The number of barbiturate groups is 1. The molecule has 3 aromatic carbocycles. The highest BCUT2D eigenvalue weighted by atomic mass is 79.9. The second-order valence-electron chi connectivity index (χ2n) is 8.48. The zero-order valence-electron chi connectivity index (χ0n) is 21.3. The van der Waals surface area contributed by atoms with Crippen LogP contribution in [0, 0.1) is 19.3 Å². The van der Waals surface area contributed by atoms with E-state index in [1.165, 1.54) is 6.08 Å². The molecule has 0 spiro atoms. The van der Waals surface area contributed by atoms with Crippen LogP contribution < -0.4 is 24.4 Å². The first-order chi connectivity index (χ1) is 18.8. The molecule has 1 N–H and O–H groups in total. The maximum absolute atomic E-state index is 13.3. The molecule has 39 heavy (non-hydrogen) atoms. The van der Waals surface area contributed by atoms with Crippen LogP contribution >= 0.6 is 15.9 Å². The second kappa shape index (κ2) is 12.3. The van der Waals surface area contributed by atoms with Gasteiger partial charge >= 0.3 is 6.03 Å². The number of rotatable bonds is 9. The number of urea groups is 1. The summed E-state index contributed by atoms with van der Waals surface area (Å²) in [6, 6.07) is 16.9. The number of aryl methyl sites for hydroxylation is 1. The molecule has 3 aromatic rings. The number of nitrogens with one attached hydrogen (secondary N) is 1. The van der Waals surface area contributed by atoms with Crippen LogP contribution in [0.15, 0.2) is 70.7 Å². The van der Waals surface area contributed by atoms with Gasteiger partial charge in [0.05, 0.1) is 16.8 Å². The van der Waals surface area contributed by atoms with Crippen molar-refractivity contribution in [2.24, 2.45) is 0 Å². The second-order valence-corrected chi connectivity index (χ2v) is 9.34. The number of halogens is 1. The Hall–Kier alpha value is -4.55. The number of anilines is 1. The number of nitrogens with zero attached hydrogens (tertiary/aromatic N) is 1.